The predicted octanol–water partition coefficient (Wildman–Crippen LogP) is 1.76. The van der Waals surface area contributed by atoms with Crippen LogP contribution >= 0.6 is 0 Å². The van der Waals surface area contributed by atoms with Crippen LogP contribution in [0, 0.1) is 13.8 Å². The van der Waals surface area contributed by atoms with Crippen LogP contribution in [0.2, 0.25) is 0 Å². The number of amides is 2. The Morgan fingerprint density at radius 2 is 2.29 bits per heavy atom. The molecule has 0 radical (unpaired) electrons. The van der Waals surface area contributed by atoms with E-state index in [1.165, 1.54) is 11.2 Å². The maximum atomic E-state index is 13.9. The largest absolute Gasteiger partial charge is 0.408 e. The van der Waals surface area contributed by atoms with Gasteiger partial charge >= 0.3 is 12.0 Å². The molecule has 1 fully saturated rings. The third-order valence-electron chi connectivity index (χ3n) is 3.93. The summed E-state index contributed by atoms with van der Waals surface area (Å²) in [6.07, 6.45) is 0.735. The van der Waals surface area contributed by atoms with E-state index < -0.39 is 6.17 Å². The predicted molar refractivity (Wildman–Crippen MR) is 82.6 cm³/mol. The smallest absolute Gasteiger partial charge is 0.322 e. The Balaban J connectivity index is 1.64. The second-order valence-corrected chi connectivity index (χ2v) is 5.90. The number of urea groups is 1. The highest BCUT2D eigenvalue weighted by atomic mass is 19.1. The van der Waals surface area contributed by atoms with Crippen LogP contribution in [0.1, 0.15) is 17.9 Å². The molecule has 2 atom stereocenters. The first kappa shape index (κ1) is 16.2. The van der Waals surface area contributed by atoms with E-state index in [4.69, 9.17) is 8.94 Å². The van der Waals surface area contributed by atoms with Gasteiger partial charge in [-0.1, -0.05) is 10.3 Å². The molecule has 3 rings (SSSR count). The number of anilines is 2. The van der Waals surface area contributed by atoms with E-state index in [0.717, 1.165) is 5.56 Å². The number of alkyl halides is 1. The van der Waals surface area contributed by atoms with Crippen molar-refractivity contribution in [2.45, 2.75) is 32.5 Å². The van der Waals surface area contributed by atoms with Crippen molar-refractivity contribution in [3.8, 4) is 0 Å². The van der Waals surface area contributed by atoms with Gasteiger partial charge in [0.25, 0.3) is 0 Å². The molecular formula is C14H19FN6O3. The number of halogens is 1. The number of likely N-dealkylation sites (N-methyl/N-ethyl adjacent to an activating group) is 1. The molecule has 0 saturated carbocycles. The summed E-state index contributed by atoms with van der Waals surface area (Å²) in [6.45, 7) is 3.93. The lowest BCUT2D eigenvalue weighted by molar-refractivity contribution is 0.218. The van der Waals surface area contributed by atoms with E-state index in [-0.39, 0.29) is 24.6 Å². The van der Waals surface area contributed by atoms with Gasteiger partial charge in [-0.2, -0.15) is 0 Å². The molecule has 0 aromatic carbocycles. The number of aryl methyl sites for hydroxylation is 2. The van der Waals surface area contributed by atoms with Crippen LogP contribution in [0.15, 0.2) is 15.2 Å². The molecule has 24 heavy (non-hydrogen) atoms. The normalized spacial score (nSPS) is 20.4. The Morgan fingerprint density at radius 1 is 1.50 bits per heavy atom. The zero-order valence-electron chi connectivity index (χ0n) is 13.7. The number of carbonyl (C=O) groups is 1. The zero-order valence-corrected chi connectivity index (χ0v) is 13.7. The molecule has 10 heteroatoms. The number of rotatable bonds is 4. The maximum absolute atomic E-state index is 13.9. The fourth-order valence-electron chi connectivity index (χ4n) is 2.67. The molecule has 1 saturated heterocycles. The summed E-state index contributed by atoms with van der Waals surface area (Å²) < 4.78 is 24.0. The van der Waals surface area contributed by atoms with Gasteiger partial charge in [0.05, 0.1) is 12.6 Å². The molecule has 0 aliphatic carbocycles. The minimum absolute atomic E-state index is 0.171. The van der Waals surface area contributed by atoms with Crippen molar-refractivity contribution in [2.24, 2.45) is 0 Å². The molecule has 130 valence electrons. The average Bonchev–Trinajstić information content (AvgIpc) is 3.21. The number of carbonyl (C=O) groups excluding carboxylic acids is 1. The lowest BCUT2D eigenvalue weighted by Crippen LogP contribution is -2.43. The monoisotopic (exact) mass is 338 g/mol. The van der Waals surface area contributed by atoms with Gasteiger partial charge < -0.3 is 18.7 Å². The first-order valence-electron chi connectivity index (χ1n) is 7.58. The van der Waals surface area contributed by atoms with Crippen molar-refractivity contribution >= 4 is 17.9 Å². The van der Waals surface area contributed by atoms with Crippen LogP contribution in [-0.2, 0) is 0 Å². The number of aromatic nitrogens is 3. The average molecular weight is 338 g/mol. The first-order chi connectivity index (χ1) is 11.4. The van der Waals surface area contributed by atoms with Gasteiger partial charge in [-0.15, -0.1) is 5.10 Å². The molecule has 0 unspecified atom stereocenters. The van der Waals surface area contributed by atoms with Crippen molar-refractivity contribution in [1.82, 2.24) is 20.3 Å². The van der Waals surface area contributed by atoms with Gasteiger partial charge in [-0.05, 0) is 6.92 Å². The highest BCUT2D eigenvalue weighted by Crippen LogP contribution is 2.26. The number of nitrogens with zero attached hydrogens (tertiary/aromatic N) is 5. The topological polar surface area (TPSA) is 101 Å². The third kappa shape index (κ3) is 3.31. The van der Waals surface area contributed by atoms with Crippen LogP contribution in [0.4, 0.5) is 21.0 Å². The Bertz CT molecular complexity index is 717. The standard InChI is InChI=1S/C14H19FN6O3/c1-8-7-23-19-12(8)16-13(22)20(3)6-11-4-10(15)5-21(11)14-18-17-9(2)24-14/h7,10-11H,4-6H2,1-3H3,(H,16,19,22)/t10-,11-/m0/s1. The second kappa shape index (κ2) is 6.46. The third-order valence-corrected chi connectivity index (χ3v) is 3.93. The molecular weight excluding hydrogens is 319 g/mol. The molecule has 2 aromatic heterocycles. The molecule has 1 aliphatic rings. The lowest BCUT2D eigenvalue weighted by atomic mass is 10.2. The fourth-order valence-corrected chi connectivity index (χ4v) is 2.67. The number of hydrogen-bond acceptors (Lipinski definition) is 7. The molecule has 0 bridgehead atoms. The summed E-state index contributed by atoms with van der Waals surface area (Å²) >= 11 is 0. The van der Waals surface area contributed by atoms with E-state index in [0.29, 0.717) is 24.7 Å². The Labute approximate surface area is 137 Å². The van der Waals surface area contributed by atoms with Crippen LogP contribution in [0.3, 0.4) is 0 Å². The van der Waals surface area contributed by atoms with Gasteiger partial charge in [0.1, 0.15) is 12.4 Å². The fraction of sp³-hybridized carbons (Fsp3) is 0.571. The summed E-state index contributed by atoms with van der Waals surface area (Å²) in [6, 6.07) is -0.316. The SMILES string of the molecule is Cc1nnc(N2C[C@@H](F)C[C@H]2CN(C)C(=O)Nc2nocc2C)o1. The van der Waals surface area contributed by atoms with Crippen molar-refractivity contribution < 1.29 is 18.1 Å². The van der Waals surface area contributed by atoms with Gasteiger partial charge in [0, 0.05) is 32.5 Å². The highest BCUT2D eigenvalue weighted by molar-refractivity contribution is 5.88. The van der Waals surface area contributed by atoms with Crippen molar-refractivity contribution in [3.05, 3.63) is 17.7 Å². The molecule has 1 N–H and O–H groups in total. The Hall–Kier alpha value is -2.65. The van der Waals surface area contributed by atoms with Crippen molar-refractivity contribution in [3.63, 3.8) is 0 Å². The quantitative estimate of drug-likeness (QED) is 0.906. The van der Waals surface area contributed by atoms with E-state index in [1.54, 1.807) is 25.8 Å². The highest BCUT2D eigenvalue weighted by Gasteiger charge is 2.36. The number of nitrogens with one attached hydrogen (secondary N) is 1. The maximum Gasteiger partial charge on any atom is 0.322 e. The lowest BCUT2D eigenvalue weighted by Gasteiger charge is -2.26. The van der Waals surface area contributed by atoms with E-state index in [2.05, 4.69) is 20.7 Å². The summed E-state index contributed by atoms with van der Waals surface area (Å²) in [4.78, 5) is 15.4. The van der Waals surface area contributed by atoms with Crippen LogP contribution in [0.25, 0.3) is 0 Å². The van der Waals surface area contributed by atoms with Crippen molar-refractivity contribution in [1.29, 1.82) is 0 Å². The Kier molecular flexibility index (Phi) is 4.36. The van der Waals surface area contributed by atoms with Crippen LogP contribution in [-0.4, -0.2) is 58.6 Å². The van der Waals surface area contributed by atoms with E-state index in [9.17, 15) is 9.18 Å². The summed E-state index contributed by atoms with van der Waals surface area (Å²) in [7, 11) is 1.63. The zero-order chi connectivity index (χ0) is 17.3. The van der Waals surface area contributed by atoms with Gasteiger partial charge in [-0.25, -0.2) is 9.18 Å². The molecule has 0 spiro atoms. The van der Waals surface area contributed by atoms with Crippen LogP contribution < -0.4 is 10.2 Å². The molecule has 2 aromatic rings. The molecule has 3 heterocycles. The van der Waals surface area contributed by atoms with Gasteiger partial charge in [-0.3, -0.25) is 5.32 Å². The summed E-state index contributed by atoms with van der Waals surface area (Å²) in [5.74, 6) is 0.782. The van der Waals surface area contributed by atoms with E-state index >= 15 is 0 Å². The summed E-state index contributed by atoms with van der Waals surface area (Å²) in [5, 5.41) is 14.1. The molecule has 2 amide bonds. The minimum Gasteiger partial charge on any atom is -0.408 e. The Morgan fingerprint density at radius 3 is 2.92 bits per heavy atom. The first-order valence-corrected chi connectivity index (χ1v) is 7.58. The van der Waals surface area contributed by atoms with Crippen molar-refractivity contribution in [2.75, 3.05) is 30.4 Å². The van der Waals surface area contributed by atoms with Crippen LogP contribution in [0.5, 0.6) is 0 Å². The minimum atomic E-state index is -1.00. The second-order valence-electron chi connectivity index (χ2n) is 5.90. The summed E-state index contributed by atoms with van der Waals surface area (Å²) in [5.41, 5.74) is 0.726. The van der Waals surface area contributed by atoms with Gasteiger partial charge in [0.15, 0.2) is 5.82 Å². The number of hydrogen-bond donors (Lipinski definition) is 1. The molecule has 9 nitrogen and oxygen atoms in total. The molecule has 1 aliphatic heterocycles. The van der Waals surface area contributed by atoms with Gasteiger partial charge in [0.2, 0.25) is 5.89 Å². The van der Waals surface area contributed by atoms with E-state index in [1.807, 2.05) is 0 Å².